The van der Waals surface area contributed by atoms with Crippen LogP contribution in [0.15, 0.2) is 60.7 Å². The Morgan fingerprint density at radius 2 is 1.15 bits per heavy atom. The number of ether oxygens (including phenoxy) is 4. The van der Waals surface area contributed by atoms with Crippen LogP contribution in [0.3, 0.4) is 0 Å². The third-order valence-corrected chi connectivity index (χ3v) is 9.54. The van der Waals surface area contributed by atoms with Crippen LogP contribution in [-0.4, -0.2) is 82.4 Å². The number of hydrogen-bond donors (Lipinski definition) is 0. The summed E-state index contributed by atoms with van der Waals surface area (Å²) in [5, 5.41) is 0. The molecule has 7 rings (SSSR count). The zero-order chi connectivity index (χ0) is 33.8. The quantitative estimate of drug-likeness (QED) is 0.292. The van der Waals surface area contributed by atoms with Crippen molar-refractivity contribution < 1.29 is 38.1 Å². The summed E-state index contributed by atoms with van der Waals surface area (Å²) in [6.45, 7) is 2.52. The summed E-state index contributed by atoms with van der Waals surface area (Å²) in [5.41, 5.74) is -0.691. The predicted molar refractivity (Wildman–Crippen MR) is 170 cm³/mol. The molecule has 0 aromatic heterocycles. The molecule has 12 heteroatoms. The Morgan fingerprint density at radius 1 is 0.646 bits per heavy atom. The first-order valence-corrected chi connectivity index (χ1v) is 15.7. The van der Waals surface area contributed by atoms with E-state index in [1.54, 1.807) is 26.0 Å². The van der Waals surface area contributed by atoms with Gasteiger partial charge in [-0.2, -0.15) is 0 Å². The van der Waals surface area contributed by atoms with E-state index in [0.29, 0.717) is 39.3 Å². The van der Waals surface area contributed by atoms with Gasteiger partial charge in [0.1, 0.15) is 11.5 Å². The molecular weight excluding hydrogens is 616 g/mol. The minimum Gasteiger partial charge on any atom is -0.496 e. The monoisotopic (exact) mass is 650 g/mol. The van der Waals surface area contributed by atoms with Gasteiger partial charge in [-0.1, -0.05) is 42.2 Å². The number of amides is 4. The Morgan fingerprint density at radius 3 is 1.65 bits per heavy atom. The van der Waals surface area contributed by atoms with Crippen molar-refractivity contribution in [1.82, 2.24) is 19.6 Å². The minimum absolute atomic E-state index is 0.0633. The molecule has 3 aromatic carbocycles. The first kappa shape index (κ1) is 30.9. The van der Waals surface area contributed by atoms with Crippen LogP contribution in [0.5, 0.6) is 11.5 Å². The van der Waals surface area contributed by atoms with Gasteiger partial charge in [0.2, 0.25) is 0 Å². The van der Waals surface area contributed by atoms with Crippen LogP contribution in [0.4, 0.5) is 9.59 Å². The number of urea groups is 2. The number of methoxy groups -OCH3 is 2. The van der Waals surface area contributed by atoms with Crippen molar-refractivity contribution in [2.24, 2.45) is 0 Å². The summed E-state index contributed by atoms with van der Waals surface area (Å²) in [5.74, 6) is 5.43. The summed E-state index contributed by atoms with van der Waals surface area (Å²) in [6, 6.07) is 17.1. The molecular formula is C36H34N4O8. The molecule has 3 aromatic rings. The lowest BCUT2D eigenvalue weighted by molar-refractivity contribution is -0.191. The fourth-order valence-electron chi connectivity index (χ4n) is 7.58. The van der Waals surface area contributed by atoms with Gasteiger partial charge in [-0.15, -0.1) is 0 Å². The molecule has 12 nitrogen and oxygen atoms in total. The average molecular weight is 651 g/mol. The number of hydrogen-bond acceptors (Lipinski definition) is 8. The van der Waals surface area contributed by atoms with Crippen molar-refractivity contribution in [1.29, 1.82) is 0 Å². The Balaban J connectivity index is 1.51. The number of rotatable bonds is 6. The van der Waals surface area contributed by atoms with Gasteiger partial charge in [0.25, 0.3) is 11.3 Å². The van der Waals surface area contributed by atoms with Crippen molar-refractivity contribution in [3.05, 3.63) is 94.0 Å². The molecule has 4 heterocycles. The number of carbonyl (C=O) groups excluding carboxylic acids is 4. The van der Waals surface area contributed by atoms with Crippen LogP contribution >= 0.6 is 0 Å². The number of carbonyl (C=O) groups is 4. The standard InChI is InChI=1S/C36H34N4O8/c1-5-47-31(41)35-36(32(42)48-6-2)39-21-27-28(30(46-4)18-17-29(27)45-3)22-40(36)34(44)38(35)20-26-24(16-15-23-11-8-7-9-12-23)13-10-14-25(26)19-37(35)33(39)43/h7-14,17-18H,5-6,19-22H2,1-4H3/t35-,36+/m1/s1. The van der Waals surface area contributed by atoms with Crippen LogP contribution in [-0.2, 0) is 45.2 Å². The second-order valence-electron chi connectivity index (χ2n) is 11.7. The number of fused-ring (bicyclic) bond motifs is 2. The molecule has 4 aliphatic rings. The van der Waals surface area contributed by atoms with Gasteiger partial charge in [-0.3, -0.25) is 19.6 Å². The lowest BCUT2D eigenvalue weighted by Gasteiger charge is -2.43. The maximum Gasteiger partial charge on any atom is 0.358 e. The highest BCUT2D eigenvalue weighted by molar-refractivity contribution is 6.10. The fraction of sp³-hybridized carbons (Fsp3) is 0.333. The molecule has 0 N–H and O–H groups in total. The Hall–Kier alpha value is -5.70. The smallest absolute Gasteiger partial charge is 0.358 e. The van der Waals surface area contributed by atoms with Gasteiger partial charge in [-0.25, -0.2) is 19.2 Å². The minimum atomic E-state index is -2.27. The third kappa shape index (κ3) is 3.96. The van der Waals surface area contributed by atoms with E-state index in [-0.39, 0.29) is 39.4 Å². The first-order chi connectivity index (χ1) is 23.3. The van der Waals surface area contributed by atoms with Crippen molar-refractivity contribution >= 4 is 24.0 Å². The second kappa shape index (κ2) is 11.5. The molecule has 0 aliphatic carbocycles. The summed E-state index contributed by atoms with van der Waals surface area (Å²) in [6.07, 6.45) is 0. The summed E-state index contributed by atoms with van der Waals surface area (Å²) >= 11 is 0. The van der Waals surface area contributed by atoms with E-state index in [9.17, 15) is 14.4 Å². The Bertz CT molecular complexity index is 1920. The van der Waals surface area contributed by atoms with Gasteiger partial charge in [0, 0.05) is 22.3 Å². The summed E-state index contributed by atoms with van der Waals surface area (Å²) in [4.78, 5) is 64.4. The Labute approximate surface area is 277 Å². The molecule has 4 amide bonds. The van der Waals surface area contributed by atoms with E-state index in [1.807, 2.05) is 48.5 Å². The highest BCUT2D eigenvalue weighted by Gasteiger charge is 2.87. The molecule has 48 heavy (non-hydrogen) atoms. The average Bonchev–Trinajstić information content (AvgIpc) is 3.26. The molecule has 2 saturated heterocycles. The predicted octanol–water partition coefficient (Wildman–Crippen LogP) is 3.83. The van der Waals surface area contributed by atoms with Crippen molar-refractivity contribution in [2.45, 2.75) is 51.4 Å². The summed E-state index contributed by atoms with van der Waals surface area (Å²) < 4.78 is 22.8. The molecule has 2 fully saturated rings. The highest BCUT2D eigenvalue weighted by Crippen LogP contribution is 2.58. The Kier molecular flexibility index (Phi) is 7.42. The van der Waals surface area contributed by atoms with Gasteiger partial charge in [-0.05, 0) is 55.3 Å². The number of benzene rings is 3. The number of esters is 2. The van der Waals surface area contributed by atoms with E-state index in [0.717, 1.165) is 5.56 Å². The number of nitrogens with zero attached hydrogens (tertiary/aromatic N) is 4. The van der Waals surface area contributed by atoms with E-state index in [2.05, 4.69) is 11.8 Å². The van der Waals surface area contributed by atoms with Crippen LogP contribution < -0.4 is 9.47 Å². The molecule has 0 saturated carbocycles. The topological polar surface area (TPSA) is 118 Å². The summed E-state index contributed by atoms with van der Waals surface area (Å²) in [7, 11) is 2.99. The van der Waals surface area contributed by atoms with Gasteiger partial charge in [0.15, 0.2) is 0 Å². The zero-order valence-electron chi connectivity index (χ0n) is 27.1. The van der Waals surface area contributed by atoms with E-state index in [4.69, 9.17) is 18.9 Å². The van der Waals surface area contributed by atoms with Crippen LogP contribution in [0, 0.1) is 11.8 Å². The van der Waals surface area contributed by atoms with Crippen LogP contribution in [0.1, 0.15) is 47.2 Å². The van der Waals surface area contributed by atoms with Crippen molar-refractivity contribution in [3.63, 3.8) is 0 Å². The second-order valence-corrected chi connectivity index (χ2v) is 11.7. The van der Waals surface area contributed by atoms with E-state index in [1.165, 1.54) is 33.8 Å². The van der Waals surface area contributed by atoms with Gasteiger partial charge < -0.3 is 18.9 Å². The molecule has 0 unspecified atom stereocenters. The van der Waals surface area contributed by atoms with E-state index < -0.39 is 35.3 Å². The molecule has 246 valence electrons. The molecule has 0 spiro atoms. The maximum absolute atomic E-state index is 15.0. The largest absolute Gasteiger partial charge is 0.496 e. The normalized spacial score (nSPS) is 21.7. The van der Waals surface area contributed by atoms with Crippen LogP contribution in [0.2, 0.25) is 0 Å². The lowest BCUT2D eigenvalue weighted by atomic mass is 9.90. The van der Waals surface area contributed by atoms with Gasteiger partial charge in [0.05, 0.1) is 53.6 Å². The fourth-order valence-corrected chi connectivity index (χ4v) is 7.58. The highest BCUT2D eigenvalue weighted by atomic mass is 16.6. The molecule has 0 radical (unpaired) electrons. The maximum atomic E-state index is 15.0. The van der Waals surface area contributed by atoms with Gasteiger partial charge >= 0.3 is 24.0 Å². The zero-order valence-corrected chi connectivity index (χ0v) is 27.1. The van der Waals surface area contributed by atoms with E-state index >= 15 is 4.79 Å². The van der Waals surface area contributed by atoms with Crippen molar-refractivity contribution in [2.75, 3.05) is 27.4 Å². The van der Waals surface area contributed by atoms with Crippen LogP contribution in [0.25, 0.3) is 0 Å². The SMILES string of the molecule is CCOC(=O)[C@]12N3Cc4c(OC)ccc(OC)c4CN1C(=O)N1Cc4c(C#Cc5ccccc5)cccc4CN(C3=O)[C@]12C(=O)OCC. The molecule has 4 aliphatic heterocycles. The third-order valence-electron chi connectivity index (χ3n) is 9.54. The molecule has 2 atom stereocenters. The first-order valence-electron chi connectivity index (χ1n) is 15.7. The lowest BCUT2D eigenvalue weighted by Crippen LogP contribution is -2.75. The van der Waals surface area contributed by atoms with Crippen molar-refractivity contribution in [3.8, 4) is 23.3 Å². The molecule has 0 bridgehead atoms.